The fourth-order valence-corrected chi connectivity index (χ4v) is 4.97. The Bertz CT molecular complexity index is 1150. The van der Waals surface area contributed by atoms with E-state index in [-0.39, 0.29) is 49.5 Å². The van der Waals surface area contributed by atoms with Gasteiger partial charge in [0.2, 0.25) is 21.8 Å². The minimum Gasteiger partial charge on any atom is -0.352 e. The Kier molecular flexibility index (Phi) is 11.2. The van der Waals surface area contributed by atoms with Crippen molar-refractivity contribution in [1.82, 2.24) is 10.2 Å². The van der Waals surface area contributed by atoms with E-state index in [2.05, 4.69) is 5.32 Å². The molecule has 2 amide bonds. The van der Waals surface area contributed by atoms with E-state index in [1.54, 1.807) is 24.3 Å². The van der Waals surface area contributed by atoms with Gasteiger partial charge in [0.15, 0.2) is 0 Å². The summed E-state index contributed by atoms with van der Waals surface area (Å²) in [5, 5.41) is 3.42. The van der Waals surface area contributed by atoms with Crippen LogP contribution in [0.3, 0.4) is 0 Å². The largest absolute Gasteiger partial charge is 0.352 e. The van der Waals surface area contributed by atoms with Crippen LogP contribution in [0.4, 0.5) is 10.1 Å². The van der Waals surface area contributed by atoms with Crippen molar-refractivity contribution in [2.24, 2.45) is 0 Å². The standard InChI is InChI=1S/C26H35ClFN3O4S/c1-5-19(3)29-26(33)23(6-2)30(18-20-12-7-8-13-21(20)27)25(32)16-11-17-31(36(4,34)35)24-15-10-9-14-22(24)28/h7-10,12-15,19,23H,5-6,11,16-18H2,1-4H3,(H,29,33). The van der Waals surface area contributed by atoms with Crippen LogP contribution in [0.25, 0.3) is 0 Å². The summed E-state index contributed by atoms with van der Waals surface area (Å²) in [7, 11) is -3.78. The summed E-state index contributed by atoms with van der Waals surface area (Å²) in [5.74, 6) is -1.23. The third-order valence-electron chi connectivity index (χ3n) is 5.96. The molecule has 0 aliphatic heterocycles. The molecule has 2 unspecified atom stereocenters. The monoisotopic (exact) mass is 539 g/mol. The number of amides is 2. The minimum absolute atomic E-state index is 0.0297. The summed E-state index contributed by atoms with van der Waals surface area (Å²) < 4.78 is 39.9. The number of carbonyl (C=O) groups excluding carboxylic acids is 2. The summed E-state index contributed by atoms with van der Waals surface area (Å²) in [6.07, 6.45) is 2.25. The number of halogens is 2. The number of benzene rings is 2. The van der Waals surface area contributed by atoms with Crippen molar-refractivity contribution in [2.75, 3.05) is 17.1 Å². The van der Waals surface area contributed by atoms with E-state index < -0.39 is 21.9 Å². The first kappa shape index (κ1) is 29.6. The predicted molar refractivity (Wildman–Crippen MR) is 142 cm³/mol. The highest BCUT2D eigenvalue weighted by atomic mass is 35.5. The smallest absolute Gasteiger partial charge is 0.243 e. The van der Waals surface area contributed by atoms with Gasteiger partial charge in [-0.15, -0.1) is 0 Å². The van der Waals surface area contributed by atoms with Gasteiger partial charge >= 0.3 is 0 Å². The fraction of sp³-hybridized carbons (Fsp3) is 0.462. The topological polar surface area (TPSA) is 86.8 Å². The zero-order chi connectivity index (χ0) is 26.9. The van der Waals surface area contributed by atoms with Gasteiger partial charge in [-0.2, -0.15) is 0 Å². The molecule has 0 radical (unpaired) electrons. The third-order valence-corrected chi connectivity index (χ3v) is 7.51. The highest BCUT2D eigenvalue weighted by Gasteiger charge is 2.30. The Morgan fingerprint density at radius 1 is 1.06 bits per heavy atom. The predicted octanol–water partition coefficient (Wildman–Crippen LogP) is 4.75. The highest BCUT2D eigenvalue weighted by molar-refractivity contribution is 7.92. The van der Waals surface area contributed by atoms with E-state index in [0.717, 1.165) is 17.0 Å². The number of hydrogen-bond donors (Lipinski definition) is 1. The van der Waals surface area contributed by atoms with Crippen LogP contribution < -0.4 is 9.62 Å². The van der Waals surface area contributed by atoms with Gasteiger partial charge in [0.25, 0.3) is 0 Å². The molecule has 2 atom stereocenters. The van der Waals surface area contributed by atoms with Gasteiger partial charge in [-0.25, -0.2) is 12.8 Å². The highest BCUT2D eigenvalue weighted by Crippen LogP contribution is 2.23. The first-order valence-electron chi connectivity index (χ1n) is 12.0. The molecule has 0 spiro atoms. The molecule has 0 aliphatic carbocycles. The van der Waals surface area contributed by atoms with Crippen LogP contribution in [0, 0.1) is 5.82 Å². The SMILES string of the molecule is CCC(C)NC(=O)C(CC)N(Cc1ccccc1Cl)C(=O)CCCN(c1ccccc1F)S(C)(=O)=O. The van der Waals surface area contributed by atoms with Crippen LogP contribution in [0.15, 0.2) is 48.5 Å². The summed E-state index contributed by atoms with van der Waals surface area (Å²) in [4.78, 5) is 27.9. The van der Waals surface area contributed by atoms with Gasteiger partial charge in [-0.1, -0.05) is 55.8 Å². The maximum Gasteiger partial charge on any atom is 0.243 e. The number of para-hydroxylation sites is 1. The van der Waals surface area contributed by atoms with E-state index in [1.807, 2.05) is 26.8 Å². The van der Waals surface area contributed by atoms with E-state index in [4.69, 9.17) is 11.6 Å². The quantitative estimate of drug-likeness (QED) is 0.398. The average molecular weight is 540 g/mol. The Labute approximate surface area is 218 Å². The van der Waals surface area contributed by atoms with Crippen molar-refractivity contribution in [3.63, 3.8) is 0 Å². The number of carbonyl (C=O) groups is 2. The second-order valence-corrected chi connectivity index (χ2v) is 11.1. The molecule has 1 N–H and O–H groups in total. The molecule has 0 fully saturated rings. The molecule has 0 aromatic heterocycles. The number of anilines is 1. The number of rotatable bonds is 13. The second kappa shape index (κ2) is 13.6. The average Bonchev–Trinajstić information content (AvgIpc) is 2.82. The molecule has 7 nitrogen and oxygen atoms in total. The Hall–Kier alpha value is -2.65. The van der Waals surface area contributed by atoms with Crippen LogP contribution in [-0.4, -0.2) is 50.0 Å². The van der Waals surface area contributed by atoms with Crippen molar-refractivity contribution in [3.8, 4) is 0 Å². The lowest BCUT2D eigenvalue weighted by Crippen LogP contribution is -2.50. The molecule has 0 aliphatic rings. The molecule has 2 aromatic rings. The van der Waals surface area contributed by atoms with Crippen LogP contribution >= 0.6 is 11.6 Å². The van der Waals surface area contributed by atoms with Gasteiger partial charge < -0.3 is 10.2 Å². The zero-order valence-corrected chi connectivity index (χ0v) is 22.8. The fourth-order valence-electron chi connectivity index (χ4n) is 3.81. The van der Waals surface area contributed by atoms with E-state index >= 15 is 0 Å². The van der Waals surface area contributed by atoms with Crippen molar-refractivity contribution >= 4 is 39.1 Å². The van der Waals surface area contributed by atoms with Crippen molar-refractivity contribution in [3.05, 3.63) is 64.9 Å². The number of hydrogen-bond acceptors (Lipinski definition) is 4. The molecule has 0 saturated heterocycles. The molecule has 0 heterocycles. The number of sulfonamides is 1. The molecule has 2 aromatic carbocycles. The van der Waals surface area contributed by atoms with Gasteiger partial charge in [0.1, 0.15) is 11.9 Å². The summed E-state index contributed by atoms with van der Waals surface area (Å²) in [6, 6.07) is 11.9. The summed E-state index contributed by atoms with van der Waals surface area (Å²) in [6.45, 7) is 5.74. The van der Waals surface area contributed by atoms with Crippen LogP contribution in [0.5, 0.6) is 0 Å². The lowest BCUT2D eigenvalue weighted by atomic mass is 10.1. The van der Waals surface area contributed by atoms with Crippen molar-refractivity contribution < 1.29 is 22.4 Å². The van der Waals surface area contributed by atoms with E-state index in [9.17, 15) is 22.4 Å². The number of nitrogens with one attached hydrogen (secondary N) is 1. The van der Waals surface area contributed by atoms with Gasteiger partial charge in [-0.3, -0.25) is 13.9 Å². The van der Waals surface area contributed by atoms with Crippen molar-refractivity contribution in [2.45, 2.75) is 65.1 Å². The molecule has 198 valence electrons. The Morgan fingerprint density at radius 2 is 1.69 bits per heavy atom. The molecular formula is C26H35ClFN3O4S. The first-order valence-corrected chi connectivity index (χ1v) is 14.3. The van der Waals surface area contributed by atoms with Crippen molar-refractivity contribution in [1.29, 1.82) is 0 Å². The lowest BCUT2D eigenvalue weighted by Gasteiger charge is -2.32. The summed E-state index contributed by atoms with van der Waals surface area (Å²) in [5.41, 5.74) is 0.631. The number of nitrogens with zero attached hydrogens (tertiary/aromatic N) is 2. The normalized spacial score (nSPS) is 13.1. The van der Waals surface area contributed by atoms with Crippen LogP contribution in [0.2, 0.25) is 5.02 Å². The Morgan fingerprint density at radius 3 is 2.28 bits per heavy atom. The summed E-state index contributed by atoms with van der Waals surface area (Å²) >= 11 is 6.34. The lowest BCUT2D eigenvalue weighted by molar-refractivity contribution is -0.141. The van der Waals surface area contributed by atoms with E-state index in [1.165, 1.54) is 23.1 Å². The minimum atomic E-state index is -3.78. The van der Waals surface area contributed by atoms with Gasteiger partial charge in [-0.05, 0) is 49.9 Å². The molecular weight excluding hydrogens is 505 g/mol. The molecule has 0 bridgehead atoms. The Balaban J connectivity index is 2.25. The van der Waals surface area contributed by atoms with Gasteiger partial charge in [0, 0.05) is 30.6 Å². The maximum absolute atomic E-state index is 14.3. The maximum atomic E-state index is 14.3. The molecule has 2 rings (SSSR count). The molecule has 0 saturated carbocycles. The molecule has 10 heteroatoms. The van der Waals surface area contributed by atoms with Crippen LogP contribution in [-0.2, 0) is 26.2 Å². The van der Waals surface area contributed by atoms with Crippen LogP contribution in [0.1, 0.15) is 52.0 Å². The van der Waals surface area contributed by atoms with Gasteiger partial charge in [0.05, 0.1) is 11.9 Å². The third kappa shape index (κ3) is 8.20. The first-order chi connectivity index (χ1) is 17.0. The zero-order valence-electron chi connectivity index (χ0n) is 21.2. The van der Waals surface area contributed by atoms with E-state index in [0.29, 0.717) is 17.0 Å². The second-order valence-electron chi connectivity index (χ2n) is 8.75. The molecule has 36 heavy (non-hydrogen) atoms.